The molecule has 0 saturated heterocycles. The molecule has 0 saturated carbocycles. The summed E-state index contributed by atoms with van der Waals surface area (Å²) in [4.78, 5) is 37.7. The third-order valence-corrected chi connectivity index (χ3v) is 7.93. The van der Waals surface area contributed by atoms with E-state index < -0.39 is 6.04 Å². The first kappa shape index (κ1) is 30.9. The van der Waals surface area contributed by atoms with E-state index in [1.807, 2.05) is 80.5 Å². The predicted molar refractivity (Wildman–Crippen MR) is 159 cm³/mol. The fraction of sp³-hybridized carbons (Fsp3) is 0.379. The van der Waals surface area contributed by atoms with Crippen molar-refractivity contribution in [2.24, 2.45) is 5.92 Å². The first-order valence-electron chi connectivity index (χ1n) is 12.8. The van der Waals surface area contributed by atoms with Gasteiger partial charge in [-0.25, -0.2) is 4.98 Å². The number of halogens is 2. The standard InChI is InChI=1S/C29H34BrN5O2S.ClH/c1-19(2)25(34(17-9-16-33(4)5)28(36)22-12-14-23(30)15-13-22)26-31-27-24(20(3)32-38-27)29(37)35(26)18-21-10-7-6-8-11-21;/h6-8,10-15,19,25H,9,16-18H2,1-5H3;1H. The Balaban J connectivity index is 0.00000280. The van der Waals surface area contributed by atoms with Crippen LogP contribution in [0, 0.1) is 12.8 Å². The third kappa shape index (κ3) is 7.14. The van der Waals surface area contributed by atoms with Gasteiger partial charge in [-0.15, -0.1) is 0 Å². The van der Waals surface area contributed by atoms with Crippen LogP contribution in [0.2, 0.25) is 0 Å². The van der Waals surface area contributed by atoms with Crippen LogP contribution >= 0.6 is 27.5 Å². The van der Waals surface area contributed by atoms with E-state index in [-0.39, 0.29) is 31.2 Å². The van der Waals surface area contributed by atoms with Crippen LogP contribution in [0.4, 0.5) is 0 Å². The van der Waals surface area contributed by atoms with Crippen LogP contribution in [0.5, 0.6) is 0 Å². The average molecular weight is 633 g/mol. The molecular formula is C29H35BrClN5O2S. The molecule has 0 spiro atoms. The average Bonchev–Trinajstić information content (AvgIpc) is 3.26. The Kier molecular flexibility index (Phi) is 10.8. The summed E-state index contributed by atoms with van der Waals surface area (Å²) in [5.74, 6) is 0.533. The second kappa shape index (κ2) is 13.7. The van der Waals surface area contributed by atoms with Gasteiger partial charge in [0.2, 0.25) is 0 Å². The van der Waals surface area contributed by atoms with Crippen LogP contribution in [-0.2, 0) is 6.54 Å². The molecule has 0 aliphatic carbocycles. The van der Waals surface area contributed by atoms with Gasteiger partial charge in [0.05, 0.1) is 23.7 Å². The maximum absolute atomic E-state index is 14.0. The minimum Gasteiger partial charge on any atom is -1.00 e. The summed E-state index contributed by atoms with van der Waals surface area (Å²) in [6.45, 7) is 7.76. The molecule has 1 atom stereocenters. The van der Waals surface area contributed by atoms with Crippen molar-refractivity contribution < 1.29 is 18.6 Å². The maximum Gasteiger partial charge on any atom is 1.00 e. The van der Waals surface area contributed by atoms with E-state index in [2.05, 4.69) is 39.1 Å². The lowest BCUT2D eigenvalue weighted by atomic mass is 9.99. The van der Waals surface area contributed by atoms with E-state index in [1.54, 1.807) is 4.57 Å². The van der Waals surface area contributed by atoms with Gasteiger partial charge < -0.3 is 22.2 Å². The predicted octanol–water partition coefficient (Wildman–Crippen LogP) is 2.88. The van der Waals surface area contributed by atoms with E-state index >= 15 is 0 Å². The van der Waals surface area contributed by atoms with E-state index in [1.165, 1.54) is 11.5 Å². The van der Waals surface area contributed by atoms with Crippen molar-refractivity contribution in [1.82, 2.24) is 23.7 Å². The molecule has 2 aromatic carbocycles. The fourth-order valence-corrected chi connectivity index (χ4v) is 5.75. The molecule has 0 N–H and O–H groups in total. The minimum absolute atomic E-state index is 0. The van der Waals surface area contributed by atoms with Gasteiger partial charge in [-0.2, -0.15) is 4.37 Å². The van der Waals surface area contributed by atoms with Gasteiger partial charge in [-0.05, 0) is 81.3 Å². The van der Waals surface area contributed by atoms with E-state index in [0.717, 1.165) is 23.0 Å². The highest BCUT2D eigenvalue weighted by atomic mass is 79.9. The number of nitrogens with zero attached hydrogens (tertiary/aromatic N) is 5. The smallest absolute Gasteiger partial charge is 1.00 e. The normalized spacial score (nSPS) is 12.1. The summed E-state index contributed by atoms with van der Waals surface area (Å²) in [5.41, 5.74) is 2.18. The molecular weight excluding hydrogens is 598 g/mol. The van der Waals surface area contributed by atoms with Crippen molar-refractivity contribution in [1.29, 1.82) is 0 Å². The van der Waals surface area contributed by atoms with Gasteiger partial charge in [-0.3, -0.25) is 14.2 Å². The molecule has 2 heterocycles. The number of carbonyl (C=O) groups is 1. The molecule has 0 radical (unpaired) electrons. The number of benzene rings is 2. The van der Waals surface area contributed by atoms with Crippen LogP contribution < -0.4 is 18.0 Å². The molecule has 1 unspecified atom stereocenters. The molecule has 1 amide bonds. The van der Waals surface area contributed by atoms with E-state index in [4.69, 9.17) is 4.98 Å². The van der Waals surface area contributed by atoms with Gasteiger partial charge in [0.15, 0.2) is 4.83 Å². The van der Waals surface area contributed by atoms with Crippen LogP contribution in [-0.4, -0.2) is 56.8 Å². The molecule has 0 bridgehead atoms. The summed E-state index contributed by atoms with van der Waals surface area (Å²) in [5, 5.41) is 0.551. The Labute approximate surface area is 250 Å². The molecule has 4 aromatic rings. The number of hydrogen-bond acceptors (Lipinski definition) is 6. The highest BCUT2D eigenvalue weighted by Gasteiger charge is 2.33. The number of hydrogen-bond donors (Lipinski definition) is 0. The van der Waals surface area contributed by atoms with Crippen LogP contribution in [0.1, 0.15) is 55.2 Å². The van der Waals surface area contributed by atoms with Crippen molar-refractivity contribution >= 4 is 43.6 Å². The zero-order valence-corrected chi connectivity index (χ0v) is 26.1. The Hall–Kier alpha value is -2.59. The highest BCUT2D eigenvalue weighted by Crippen LogP contribution is 2.31. The van der Waals surface area contributed by atoms with Gasteiger partial charge in [0.25, 0.3) is 11.5 Å². The number of aromatic nitrogens is 3. The minimum atomic E-state index is -0.406. The Morgan fingerprint density at radius 2 is 1.74 bits per heavy atom. The Morgan fingerprint density at radius 3 is 2.36 bits per heavy atom. The van der Waals surface area contributed by atoms with Gasteiger partial charge >= 0.3 is 1.43 Å². The Bertz CT molecular complexity index is 1460. The largest absolute Gasteiger partial charge is 1.00 e. The van der Waals surface area contributed by atoms with Crippen LogP contribution in [0.3, 0.4) is 0 Å². The summed E-state index contributed by atoms with van der Waals surface area (Å²) in [7, 11) is 4.06. The zero-order valence-electron chi connectivity index (χ0n) is 23.9. The molecule has 0 aliphatic rings. The lowest BCUT2D eigenvalue weighted by Crippen LogP contribution is -3.00. The van der Waals surface area contributed by atoms with Crippen molar-refractivity contribution in [3.63, 3.8) is 0 Å². The summed E-state index contributed by atoms with van der Waals surface area (Å²) in [6.07, 6.45) is 0.795. The lowest BCUT2D eigenvalue weighted by molar-refractivity contribution is -0.0000185. The summed E-state index contributed by atoms with van der Waals surface area (Å²) >= 11 is 4.71. The SMILES string of the molecule is Cc1nsc2nc(C(C(C)C)N(CCCN(C)C)C(=O)c3ccc(Br)cc3)n(Cc3ccccc3)c(=O)c12.[Cl-].[H+]. The molecule has 4 rings (SSSR count). The van der Waals surface area contributed by atoms with Crippen molar-refractivity contribution in [2.45, 2.75) is 39.8 Å². The molecule has 10 heteroatoms. The first-order chi connectivity index (χ1) is 18.2. The number of fused-ring (bicyclic) bond motifs is 1. The van der Waals surface area contributed by atoms with Crippen molar-refractivity contribution in [3.05, 3.63) is 92.1 Å². The quantitative estimate of drug-likeness (QED) is 0.269. The number of amides is 1. The fourth-order valence-electron chi connectivity index (χ4n) is 4.71. The second-order valence-electron chi connectivity index (χ2n) is 10.1. The van der Waals surface area contributed by atoms with Gasteiger partial charge in [0.1, 0.15) is 5.82 Å². The van der Waals surface area contributed by atoms with E-state index in [9.17, 15) is 9.59 Å². The van der Waals surface area contributed by atoms with Crippen LogP contribution in [0.25, 0.3) is 10.2 Å². The summed E-state index contributed by atoms with van der Waals surface area (Å²) < 4.78 is 7.09. The number of aryl methyl sites for hydroxylation is 1. The van der Waals surface area contributed by atoms with Crippen LogP contribution in [0.15, 0.2) is 63.9 Å². The number of carbonyl (C=O) groups excluding carboxylic acids is 1. The maximum atomic E-state index is 14.0. The molecule has 39 heavy (non-hydrogen) atoms. The third-order valence-electron chi connectivity index (χ3n) is 6.57. The Morgan fingerprint density at radius 1 is 1.08 bits per heavy atom. The molecule has 2 aromatic heterocycles. The zero-order chi connectivity index (χ0) is 27.4. The van der Waals surface area contributed by atoms with E-state index in [0.29, 0.717) is 40.4 Å². The summed E-state index contributed by atoms with van der Waals surface area (Å²) in [6, 6.07) is 16.9. The van der Waals surface area contributed by atoms with Crippen molar-refractivity contribution in [2.75, 3.05) is 27.2 Å². The molecule has 7 nitrogen and oxygen atoms in total. The van der Waals surface area contributed by atoms with Gasteiger partial charge in [0, 0.05) is 16.6 Å². The molecule has 0 aliphatic heterocycles. The molecule has 0 fully saturated rings. The second-order valence-corrected chi connectivity index (χ2v) is 11.8. The van der Waals surface area contributed by atoms with Crippen molar-refractivity contribution in [3.8, 4) is 0 Å². The first-order valence-corrected chi connectivity index (χ1v) is 14.4. The number of rotatable bonds is 10. The monoisotopic (exact) mass is 631 g/mol. The highest BCUT2D eigenvalue weighted by molar-refractivity contribution is 9.10. The lowest BCUT2D eigenvalue weighted by Gasteiger charge is -2.35. The molecule has 208 valence electrons. The topological polar surface area (TPSA) is 71.3 Å². The van der Waals surface area contributed by atoms with Gasteiger partial charge in [-0.1, -0.05) is 60.1 Å².